The number of benzene rings is 3. The first-order chi connectivity index (χ1) is 16.1. The number of nitrogens with zero attached hydrogens (tertiary/aromatic N) is 1. The Morgan fingerprint density at radius 3 is 2.70 bits per heavy atom. The molecule has 0 radical (unpaired) electrons. The van der Waals surface area contributed by atoms with Crippen molar-refractivity contribution in [1.29, 1.82) is 0 Å². The Morgan fingerprint density at radius 1 is 1.03 bits per heavy atom. The van der Waals surface area contributed by atoms with Crippen molar-refractivity contribution in [1.82, 2.24) is 4.98 Å². The lowest BCUT2D eigenvalue weighted by molar-refractivity contribution is -0.111. The van der Waals surface area contributed by atoms with Crippen LogP contribution in [0.2, 0.25) is 0 Å². The second-order valence-corrected chi connectivity index (χ2v) is 7.10. The Kier molecular flexibility index (Phi) is 6.59. The number of carbonyl (C=O) groups excluding carboxylic acids is 1. The number of hydrogen-bond acceptors (Lipinski definition) is 6. The van der Waals surface area contributed by atoms with Gasteiger partial charge in [-0.25, -0.2) is 4.98 Å². The number of nitrogens with one attached hydrogen (secondary N) is 1. The summed E-state index contributed by atoms with van der Waals surface area (Å²) in [6.07, 6.45) is 3.17. The smallest absolute Gasteiger partial charge is 0.248 e. The molecule has 33 heavy (non-hydrogen) atoms. The van der Waals surface area contributed by atoms with Gasteiger partial charge in [0.25, 0.3) is 0 Å². The second kappa shape index (κ2) is 9.91. The molecule has 1 heterocycles. The average Bonchev–Trinajstić information content (AvgIpc) is 3.27. The van der Waals surface area contributed by atoms with Crippen LogP contribution in [0, 0.1) is 0 Å². The highest BCUT2D eigenvalue weighted by molar-refractivity contribution is 6.02. The van der Waals surface area contributed by atoms with Crippen LogP contribution in [0.1, 0.15) is 12.5 Å². The molecule has 0 aliphatic rings. The number of rotatable bonds is 8. The maximum atomic E-state index is 12.4. The molecular formula is C26H24N2O5. The van der Waals surface area contributed by atoms with Gasteiger partial charge in [0.2, 0.25) is 11.8 Å². The van der Waals surface area contributed by atoms with Gasteiger partial charge in [0, 0.05) is 23.4 Å². The first kappa shape index (κ1) is 22.0. The fraction of sp³-hybridized carbons (Fsp3) is 0.154. The Morgan fingerprint density at radius 2 is 1.91 bits per heavy atom. The predicted molar refractivity (Wildman–Crippen MR) is 128 cm³/mol. The lowest BCUT2D eigenvalue weighted by Crippen LogP contribution is -2.07. The van der Waals surface area contributed by atoms with Gasteiger partial charge in [-0.3, -0.25) is 4.79 Å². The van der Waals surface area contributed by atoms with Crippen molar-refractivity contribution >= 4 is 28.8 Å². The molecule has 1 N–H and O–H groups in total. The number of oxazole rings is 1. The largest absolute Gasteiger partial charge is 0.497 e. The second-order valence-electron chi connectivity index (χ2n) is 7.10. The maximum Gasteiger partial charge on any atom is 0.248 e. The number of carbonyl (C=O) groups is 1. The standard InChI is InChI=1S/C26H24N2O5/c1-4-32-22-12-8-17(14-24(22)31-3)9-13-25(29)27-19-10-11-21-23(16-19)33-26(28-21)18-6-5-7-20(15-18)30-2/h5-16H,4H2,1-3H3,(H,27,29)/b13-9+. The number of hydrogen-bond donors (Lipinski definition) is 1. The highest BCUT2D eigenvalue weighted by atomic mass is 16.5. The van der Waals surface area contributed by atoms with Crippen molar-refractivity contribution in [2.75, 3.05) is 26.1 Å². The van der Waals surface area contributed by atoms with Crippen LogP contribution in [-0.2, 0) is 4.79 Å². The maximum absolute atomic E-state index is 12.4. The molecule has 4 aromatic rings. The zero-order valence-electron chi connectivity index (χ0n) is 18.6. The van der Waals surface area contributed by atoms with E-state index in [1.807, 2.05) is 49.4 Å². The number of fused-ring (bicyclic) bond motifs is 1. The Hall–Kier alpha value is -4.26. The molecule has 4 rings (SSSR count). The number of amides is 1. The SMILES string of the molecule is CCOc1ccc(/C=C/C(=O)Nc2ccc3nc(-c4cccc(OC)c4)oc3c2)cc1OC. The molecule has 7 nitrogen and oxygen atoms in total. The van der Waals surface area contributed by atoms with Gasteiger partial charge in [-0.05, 0) is 61.0 Å². The molecule has 0 saturated carbocycles. The van der Waals surface area contributed by atoms with E-state index in [1.54, 1.807) is 38.5 Å². The van der Waals surface area contributed by atoms with Crippen LogP contribution in [0.4, 0.5) is 5.69 Å². The summed E-state index contributed by atoms with van der Waals surface area (Å²) in [5.41, 5.74) is 3.51. The summed E-state index contributed by atoms with van der Waals surface area (Å²) >= 11 is 0. The third-order valence-electron chi connectivity index (χ3n) is 4.89. The first-order valence-corrected chi connectivity index (χ1v) is 10.4. The van der Waals surface area contributed by atoms with Crippen LogP contribution in [0.5, 0.6) is 17.2 Å². The normalized spacial score (nSPS) is 11.0. The molecule has 0 unspecified atom stereocenters. The molecule has 1 aromatic heterocycles. The van der Waals surface area contributed by atoms with Gasteiger partial charge in [-0.1, -0.05) is 12.1 Å². The van der Waals surface area contributed by atoms with E-state index in [0.717, 1.165) is 16.9 Å². The lowest BCUT2D eigenvalue weighted by atomic mass is 10.2. The highest BCUT2D eigenvalue weighted by Gasteiger charge is 2.10. The first-order valence-electron chi connectivity index (χ1n) is 10.4. The van der Waals surface area contributed by atoms with Crippen molar-refractivity contribution in [3.63, 3.8) is 0 Å². The Labute approximate surface area is 191 Å². The number of anilines is 1. The molecule has 0 atom stereocenters. The summed E-state index contributed by atoms with van der Waals surface area (Å²) in [7, 11) is 3.19. The van der Waals surface area contributed by atoms with Crippen LogP contribution in [0.15, 0.2) is 71.2 Å². The molecule has 3 aromatic carbocycles. The molecule has 7 heteroatoms. The molecular weight excluding hydrogens is 420 g/mol. The third kappa shape index (κ3) is 5.15. The third-order valence-corrected chi connectivity index (χ3v) is 4.89. The number of aromatic nitrogens is 1. The summed E-state index contributed by atoms with van der Waals surface area (Å²) in [5, 5.41) is 2.84. The van der Waals surface area contributed by atoms with E-state index in [0.29, 0.717) is 40.8 Å². The summed E-state index contributed by atoms with van der Waals surface area (Å²) < 4.78 is 22.0. The minimum absolute atomic E-state index is 0.269. The number of methoxy groups -OCH3 is 2. The Bertz CT molecular complexity index is 1310. The molecule has 1 amide bonds. The van der Waals surface area contributed by atoms with Gasteiger partial charge in [0.05, 0.1) is 20.8 Å². The van der Waals surface area contributed by atoms with E-state index in [9.17, 15) is 4.79 Å². The topological polar surface area (TPSA) is 82.8 Å². The van der Waals surface area contributed by atoms with Crippen LogP contribution in [-0.4, -0.2) is 31.7 Å². The van der Waals surface area contributed by atoms with Crippen LogP contribution >= 0.6 is 0 Å². The van der Waals surface area contributed by atoms with Gasteiger partial charge in [-0.15, -0.1) is 0 Å². The summed E-state index contributed by atoms with van der Waals surface area (Å²) in [6.45, 7) is 2.46. The summed E-state index contributed by atoms with van der Waals surface area (Å²) in [6, 6.07) is 18.3. The van der Waals surface area contributed by atoms with Gasteiger partial charge in [-0.2, -0.15) is 0 Å². The van der Waals surface area contributed by atoms with E-state index in [1.165, 1.54) is 6.08 Å². The van der Waals surface area contributed by atoms with E-state index in [2.05, 4.69) is 10.3 Å². The van der Waals surface area contributed by atoms with Gasteiger partial charge >= 0.3 is 0 Å². The van der Waals surface area contributed by atoms with E-state index < -0.39 is 0 Å². The molecule has 0 aliphatic heterocycles. The fourth-order valence-electron chi connectivity index (χ4n) is 3.30. The summed E-state index contributed by atoms with van der Waals surface area (Å²) in [4.78, 5) is 16.9. The minimum atomic E-state index is -0.269. The van der Waals surface area contributed by atoms with E-state index in [-0.39, 0.29) is 5.91 Å². The highest BCUT2D eigenvalue weighted by Crippen LogP contribution is 2.29. The zero-order chi connectivity index (χ0) is 23.2. The van der Waals surface area contributed by atoms with Crippen molar-refractivity contribution in [2.24, 2.45) is 0 Å². The predicted octanol–water partition coefficient (Wildman–Crippen LogP) is 5.56. The summed E-state index contributed by atoms with van der Waals surface area (Å²) in [5.74, 6) is 2.21. The Balaban J connectivity index is 1.47. The number of ether oxygens (including phenoxy) is 3. The monoisotopic (exact) mass is 444 g/mol. The molecule has 0 bridgehead atoms. The average molecular weight is 444 g/mol. The molecule has 0 saturated heterocycles. The van der Waals surface area contributed by atoms with E-state index >= 15 is 0 Å². The van der Waals surface area contributed by atoms with Gasteiger partial charge in [0.1, 0.15) is 11.3 Å². The quantitative estimate of drug-likeness (QED) is 0.358. The molecule has 168 valence electrons. The molecule has 0 aliphatic carbocycles. The van der Waals surface area contributed by atoms with Crippen molar-refractivity contribution in [3.8, 4) is 28.7 Å². The zero-order valence-corrected chi connectivity index (χ0v) is 18.6. The lowest BCUT2D eigenvalue weighted by Gasteiger charge is -2.09. The van der Waals surface area contributed by atoms with Crippen molar-refractivity contribution in [3.05, 3.63) is 72.3 Å². The van der Waals surface area contributed by atoms with Gasteiger partial charge in [0.15, 0.2) is 17.1 Å². The minimum Gasteiger partial charge on any atom is -0.497 e. The van der Waals surface area contributed by atoms with Crippen molar-refractivity contribution < 1.29 is 23.4 Å². The van der Waals surface area contributed by atoms with Crippen molar-refractivity contribution in [2.45, 2.75) is 6.92 Å². The van der Waals surface area contributed by atoms with E-state index in [4.69, 9.17) is 18.6 Å². The molecule has 0 fully saturated rings. The van der Waals surface area contributed by atoms with Crippen LogP contribution in [0.3, 0.4) is 0 Å². The fourth-order valence-corrected chi connectivity index (χ4v) is 3.30. The van der Waals surface area contributed by atoms with Crippen LogP contribution in [0.25, 0.3) is 28.6 Å². The van der Waals surface area contributed by atoms with Crippen LogP contribution < -0.4 is 19.5 Å². The molecule has 0 spiro atoms. The van der Waals surface area contributed by atoms with Gasteiger partial charge < -0.3 is 23.9 Å².